The Hall–Kier alpha value is -0.690. The molecule has 4 nitrogen and oxygen atoms in total. The van der Waals surface area contributed by atoms with E-state index in [1.54, 1.807) is 12.1 Å². The van der Waals surface area contributed by atoms with Crippen LogP contribution < -0.4 is 0 Å². The molecule has 1 aromatic rings. The normalized spacial score (nSPS) is 40.3. The molecule has 1 aromatic carbocycles. The van der Waals surface area contributed by atoms with Gasteiger partial charge >= 0.3 is 5.97 Å². The average Bonchev–Trinajstić information content (AvgIpc) is 3.13. The van der Waals surface area contributed by atoms with E-state index in [9.17, 15) is 9.00 Å². The fourth-order valence-corrected chi connectivity index (χ4v) is 6.38. The predicted molar refractivity (Wildman–Crippen MR) is 85.3 cm³/mol. The van der Waals surface area contributed by atoms with Crippen LogP contribution in [0.4, 0.5) is 0 Å². The zero-order valence-corrected chi connectivity index (χ0v) is 14.4. The molecule has 3 heterocycles. The fourth-order valence-electron chi connectivity index (χ4n) is 3.55. The summed E-state index contributed by atoms with van der Waals surface area (Å²) in [5.41, 5.74) is -0.918. The monoisotopic (exact) mass is 402 g/mol. The van der Waals surface area contributed by atoms with Gasteiger partial charge in [-0.15, -0.1) is 11.6 Å². The smallest absolute Gasteiger partial charge is 0.314 e. The largest absolute Gasteiger partial charge is 0.457 e. The maximum atomic E-state index is 13.0. The summed E-state index contributed by atoms with van der Waals surface area (Å²) in [6.45, 7) is 0. The van der Waals surface area contributed by atoms with Gasteiger partial charge in [-0.2, -0.15) is 0 Å². The number of rotatable bonds is 3. The second-order valence-electron chi connectivity index (χ2n) is 5.52. The van der Waals surface area contributed by atoms with Crippen molar-refractivity contribution in [1.82, 2.24) is 0 Å². The van der Waals surface area contributed by atoms with E-state index in [4.69, 9.17) is 21.1 Å². The van der Waals surface area contributed by atoms with Gasteiger partial charge in [0.2, 0.25) is 0 Å². The summed E-state index contributed by atoms with van der Waals surface area (Å²) in [4.78, 5) is 13.0. The van der Waals surface area contributed by atoms with E-state index in [1.807, 2.05) is 24.3 Å². The lowest BCUT2D eigenvalue weighted by atomic mass is 9.81. The maximum Gasteiger partial charge on any atom is 0.314 e. The molecular formula is C15H12BrClO4S. The molecule has 0 saturated carbocycles. The van der Waals surface area contributed by atoms with Crippen molar-refractivity contribution in [3.63, 3.8) is 0 Å². The van der Waals surface area contributed by atoms with E-state index in [1.165, 1.54) is 0 Å². The molecule has 3 aliphatic rings. The SMILES string of the molecule is O=C1O[C@@H](CCl)[C@@]23O[C@@H](C=C2Br)[C@H](S(=O)c2ccccc2)C13. The van der Waals surface area contributed by atoms with Crippen LogP contribution in [0.25, 0.3) is 0 Å². The molecule has 4 rings (SSSR count). The van der Waals surface area contributed by atoms with Crippen molar-refractivity contribution in [2.24, 2.45) is 5.92 Å². The Morgan fingerprint density at radius 2 is 2.05 bits per heavy atom. The van der Waals surface area contributed by atoms with Crippen LogP contribution >= 0.6 is 27.5 Å². The highest BCUT2D eigenvalue weighted by Gasteiger charge is 2.72. The molecule has 2 fully saturated rings. The molecule has 116 valence electrons. The van der Waals surface area contributed by atoms with Crippen LogP contribution in [0.15, 0.2) is 45.8 Å². The molecule has 0 amide bonds. The number of hydrogen-bond acceptors (Lipinski definition) is 4. The Kier molecular flexibility index (Phi) is 3.49. The van der Waals surface area contributed by atoms with Gasteiger partial charge in [0.1, 0.15) is 12.0 Å². The fraction of sp³-hybridized carbons (Fsp3) is 0.400. The summed E-state index contributed by atoms with van der Waals surface area (Å²) in [5.74, 6) is -0.836. The van der Waals surface area contributed by atoms with Crippen molar-refractivity contribution in [1.29, 1.82) is 0 Å². The molecule has 0 N–H and O–H groups in total. The Bertz CT molecular complexity index is 694. The Morgan fingerprint density at radius 3 is 2.73 bits per heavy atom. The highest BCUT2D eigenvalue weighted by molar-refractivity contribution is 9.11. The molecule has 0 aliphatic carbocycles. The molecule has 3 aliphatic heterocycles. The first kappa shape index (κ1) is 14.9. The van der Waals surface area contributed by atoms with Crippen LogP contribution in [0.5, 0.6) is 0 Å². The first-order valence-corrected chi connectivity index (χ1v) is 9.41. The van der Waals surface area contributed by atoms with Gasteiger partial charge in [-0.1, -0.05) is 34.1 Å². The number of hydrogen-bond donors (Lipinski definition) is 0. The lowest BCUT2D eigenvalue weighted by Gasteiger charge is -2.29. The number of alkyl halides is 1. The Balaban J connectivity index is 1.78. The highest BCUT2D eigenvalue weighted by Crippen LogP contribution is 2.58. The van der Waals surface area contributed by atoms with Crippen molar-refractivity contribution >= 4 is 44.3 Å². The van der Waals surface area contributed by atoms with Gasteiger partial charge < -0.3 is 9.47 Å². The second-order valence-corrected chi connectivity index (χ2v) is 8.30. The summed E-state index contributed by atoms with van der Waals surface area (Å²) in [7, 11) is -1.36. The first-order chi connectivity index (χ1) is 10.6. The minimum absolute atomic E-state index is 0.141. The zero-order chi connectivity index (χ0) is 15.5. The summed E-state index contributed by atoms with van der Waals surface area (Å²) >= 11 is 9.44. The van der Waals surface area contributed by atoms with E-state index in [0.717, 1.165) is 4.48 Å². The van der Waals surface area contributed by atoms with Crippen LogP contribution in [0, 0.1) is 5.92 Å². The number of ether oxygens (including phenoxy) is 2. The summed E-state index contributed by atoms with van der Waals surface area (Å²) in [6, 6.07) is 9.12. The third kappa shape index (κ3) is 1.78. The molecular weight excluding hydrogens is 392 g/mol. The second kappa shape index (κ2) is 5.16. The molecule has 0 radical (unpaired) electrons. The van der Waals surface area contributed by atoms with Crippen molar-refractivity contribution < 1.29 is 18.5 Å². The quantitative estimate of drug-likeness (QED) is 0.574. The van der Waals surface area contributed by atoms with Crippen LogP contribution in [0.3, 0.4) is 0 Å². The number of carbonyl (C=O) groups excluding carboxylic acids is 1. The van der Waals surface area contributed by atoms with Gasteiger partial charge in [0.25, 0.3) is 0 Å². The molecule has 22 heavy (non-hydrogen) atoms. The molecule has 2 unspecified atom stereocenters. The van der Waals surface area contributed by atoms with Crippen molar-refractivity contribution in [2.75, 3.05) is 5.88 Å². The molecule has 1 spiro atoms. The number of benzene rings is 1. The van der Waals surface area contributed by atoms with Crippen molar-refractivity contribution in [2.45, 2.75) is 28.0 Å². The van der Waals surface area contributed by atoms with Crippen molar-refractivity contribution in [3.8, 4) is 0 Å². The standard InChI is InChI=1S/C15H12BrClO4S/c16-10-6-9-13(22(19)8-4-2-1-3-5-8)12-14(18)20-11(7-17)15(10,12)21-9/h1-6,9,11-13H,7H2/t9-,11-,12?,13-,15-,22?/m0/s1. The molecule has 2 saturated heterocycles. The van der Waals surface area contributed by atoms with Gasteiger partial charge in [-0.25, -0.2) is 0 Å². The summed E-state index contributed by atoms with van der Waals surface area (Å²) < 4.78 is 25.2. The number of carbonyl (C=O) groups is 1. The molecule has 2 bridgehead atoms. The van der Waals surface area contributed by atoms with Crippen LogP contribution in [0.2, 0.25) is 0 Å². The third-order valence-corrected chi connectivity index (χ3v) is 7.42. The van der Waals surface area contributed by atoms with E-state index >= 15 is 0 Å². The lowest BCUT2D eigenvalue weighted by molar-refractivity contribution is -0.144. The minimum Gasteiger partial charge on any atom is -0.457 e. The average molecular weight is 404 g/mol. The number of esters is 1. The van der Waals surface area contributed by atoms with Crippen LogP contribution in [0.1, 0.15) is 0 Å². The predicted octanol–water partition coefficient (Wildman–Crippen LogP) is 2.37. The van der Waals surface area contributed by atoms with Crippen molar-refractivity contribution in [3.05, 3.63) is 40.9 Å². The number of cyclic esters (lactones) is 1. The topological polar surface area (TPSA) is 52.6 Å². The van der Waals surface area contributed by atoms with Gasteiger partial charge in [-0.3, -0.25) is 9.00 Å². The summed E-state index contributed by atoms with van der Waals surface area (Å²) in [5, 5.41) is -0.454. The van der Waals surface area contributed by atoms with Gasteiger partial charge in [-0.05, 0) is 18.2 Å². The molecule has 6 atom stereocenters. The third-order valence-electron chi connectivity index (χ3n) is 4.48. The number of fused-ring (bicyclic) bond motifs is 1. The van der Waals surface area contributed by atoms with E-state index < -0.39 is 33.7 Å². The zero-order valence-electron chi connectivity index (χ0n) is 11.3. The molecule has 0 aromatic heterocycles. The first-order valence-electron chi connectivity index (χ1n) is 6.87. The minimum atomic E-state index is -1.36. The van der Waals surface area contributed by atoms with Crippen LogP contribution in [-0.4, -0.2) is 39.1 Å². The van der Waals surface area contributed by atoms with Gasteiger partial charge in [0, 0.05) is 9.38 Å². The van der Waals surface area contributed by atoms with Crippen LogP contribution in [-0.2, 0) is 25.1 Å². The van der Waals surface area contributed by atoms with E-state index in [-0.39, 0.29) is 18.0 Å². The van der Waals surface area contributed by atoms with Gasteiger partial charge in [0.15, 0.2) is 5.60 Å². The molecule has 7 heteroatoms. The number of halogens is 2. The Morgan fingerprint density at radius 1 is 1.32 bits per heavy atom. The maximum absolute atomic E-state index is 13.0. The van der Waals surface area contributed by atoms with Gasteiger partial charge in [0.05, 0.1) is 28.0 Å². The highest BCUT2D eigenvalue weighted by atomic mass is 79.9. The Labute approximate surface area is 143 Å². The summed E-state index contributed by atoms with van der Waals surface area (Å²) in [6.07, 6.45) is 0.947. The van der Waals surface area contributed by atoms with E-state index in [0.29, 0.717) is 4.90 Å². The lowest BCUT2D eigenvalue weighted by Crippen LogP contribution is -2.46. The van der Waals surface area contributed by atoms with E-state index in [2.05, 4.69) is 15.9 Å².